The molecule has 1 aliphatic rings. The van der Waals surface area contributed by atoms with Crippen molar-refractivity contribution in [2.75, 3.05) is 32.9 Å². The Kier molecular flexibility index (Phi) is 7.35. The Morgan fingerprint density at radius 2 is 1.67 bits per heavy atom. The van der Waals surface area contributed by atoms with Gasteiger partial charge in [-0.2, -0.15) is 0 Å². The topological polar surface area (TPSA) is 50.8 Å². The van der Waals surface area contributed by atoms with E-state index in [9.17, 15) is 4.79 Å². The second kappa shape index (κ2) is 9.95. The highest BCUT2D eigenvalue weighted by atomic mass is 35.5. The van der Waals surface area contributed by atoms with Crippen molar-refractivity contribution in [2.45, 2.75) is 13.1 Å². The number of hydrogen-bond donors (Lipinski definition) is 1. The van der Waals surface area contributed by atoms with Gasteiger partial charge in [0.2, 0.25) is 0 Å². The van der Waals surface area contributed by atoms with Gasteiger partial charge in [0, 0.05) is 36.2 Å². The minimum absolute atomic E-state index is 0.0915. The first kappa shape index (κ1) is 20.0. The second-order valence-corrected chi connectivity index (χ2v) is 7.25. The predicted octanol–water partition coefficient (Wildman–Crippen LogP) is 3.52. The SMILES string of the molecule is O=C(COc1cc(Cl)cc(Cl)c1)NCc1ccc(CN2CCOCC2)cc1. The minimum Gasteiger partial charge on any atom is -0.484 e. The molecule has 0 atom stereocenters. The average Bonchev–Trinajstić information content (AvgIpc) is 2.66. The van der Waals surface area contributed by atoms with E-state index in [4.69, 9.17) is 32.7 Å². The number of ether oxygens (including phenoxy) is 2. The number of carbonyl (C=O) groups is 1. The Bertz CT molecular complexity index is 742. The van der Waals surface area contributed by atoms with Gasteiger partial charge in [0.1, 0.15) is 5.75 Å². The smallest absolute Gasteiger partial charge is 0.258 e. The molecule has 0 aliphatic carbocycles. The van der Waals surface area contributed by atoms with Crippen LogP contribution >= 0.6 is 23.2 Å². The van der Waals surface area contributed by atoms with Crippen LogP contribution in [0, 0.1) is 0 Å². The molecule has 0 spiro atoms. The van der Waals surface area contributed by atoms with E-state index in [1.807, 2.05) is 12.1 Å². The molecule has 27 heavy (non-hydrogen) atoms. The first-order valence-electron chi connectivity index (χ1n) is 8.82. The average molecular weight is 409 g/mol. The molecule has 0 unspecified atom stereocenters. The van der Waals surface area contributed by atoms with Gasteiger partial charge in [0.05, 0.1) is 13.2 Å². The number of benzene rings is 2. The summed E-state index contributed by atoms with van der Waals surface area (Å²) in [4.78, 5) is 14.3. The number of hydrogen-bond acceptors (Lipinski definition) is 4. The molecule has 7 heteroatoms. The van der Waals surface area contributed by atoms with Crippen LogP contribution in [0.5, 0.6) is 5.75 Å². The standard InChI is InChI=1S/C20H22Cl2N2O3/c21-17-9-18(22)11-19(10-17)27-14-20(25)23-12-15-1-3-16(4-2-15)13-24-5-7-26-8-6-24/h1-4,9-11H,5-8,12-14H2,(H,23,25). The molecule has 0 bridgehead atoms. The van der Waals surface area contributed by atoms with Crippen LogP contribution in [0.15, 0.2) is 42.5 Å². The zero-order valence-corrected chi connectivity index (χ0v) is 16.4. The predicted molar refractivity (Wildman–Crippen MR) is 106 cm³/mol. The Hall–Kier alpha value is -1.79. The fourth-order valence-corrected chi connectivity index (χ4v) is 3.30. The number of nitrogens with zero attached hydrogens (tertiary/aromatic N) is 1. The lowest BCUT2D eigenvalue weighted by Gasteiger charge is -2.26. The Morgan fingerprint density at radius 3 is 2.33 bits per heavy atom. The summed E-state index contributed by atoms with van der Waals surface area (Å²) in [6, 6.07) is 13.1. The Morgan fingerprint density at radius 1 is 1.04 bits per heavy atom. The molecule has 0 saturated carbocycles. The third kappa shape index (κ3) is 6.70. The van der Waals surface area contributed by atoms with Crippen LogP contribution in [0.4, 0.5) is 0 Å². The van der Waals surface area contributed by atoms with Gasteiger partial charge in [-0.3, -0.25) is 9.69 Å². The fraction of sp³-hybridized carbons (Fsp3) is 0.350. The molecule has 1 fully saturated rings. The molecule has 0 aromatic heterocycles. The van der Waals surface area contributed by atoms with Crippen LogP contribution in [-0.4, -0.2) is 43.7 Å². The summed E-state index contributed by atoms with van der Waals surface area (Å²) < 4.78 is 10.8. The van der Waals surface area contributed by atoms with Crippen molar-refractivity contribution in [3.05, 3.63) is 63.6 Å². The number of morpholine rings is 1. The molecule has 5 nitrogen and oxygen atoms in total. The monoisotopic (exact) mass is 408 g/mol. The van der Waals surface area contributed by atoms with Gasteiger partial charge < -0.3 is 14.8 Å². The van der Waals surface area contributed by atoms with E-state index in [1.165, 1.54) is 5.56 Å². The number of amides is 1. The third-order valence-electron chi connectivity index (χ3n) is 4.23. The zero-order valence-electron chi connectivity index (χ0n) is 14.9. The van der Waals surface area contributed by atoms with Crippen molar-refractivity contribution < 1.29 is 14.3 Å². The summed E-state index contributed by atoms with van der Waals surface area (Å²) in [5.41, 5.74) is 2.30. The van der Waals surface area contributed by atoms with Crippen LogP contribution < -0.4 is 10.1 Å². The third-order valence-corrected chi connectivity index (χ3v) is 4.66. The lowest BCUT2D eigenvalue weighted by molar-refractivity contribution is -0.123. The van der Waals surface area contributed by atoms with E-state index in [0.29, 0.717) is 22.3 Å². The summed E-state index contributed by atoms with van der Waals surface area (Å²) in [6.07, 6.45) is 0. The summed E-state index contributed by atoms with van der Waals surface area (Å²) >= 11 is 11.8. The van der Waals surface area contributed by atoms with E-state index < -0.39 is 0 Å². The zero-order chi connectivity index (χ0) is 19.1. The first-order chi connectivity index (χ1) is 13.1. The van der Waals surface area contributed by atoms with E-state index in [-0.39, 0.29) is 12.5 Å². The summed E-state index contributed by atoms with van der Waals surface area (Å²) in [7, 11) is 0. The number of carbonyl (C=O) groups excluding carboxylic acids is 1. The van der Waals surface area contributed by atoms with E-state index in [0.717, 1.165) is 38.4 Å². The summed E-state index contributed by atoms with van der Waals surface area (Å²) in [5.74, 6) is 0.263. The Labute approximate surface area is 169 Å². The van der Waals surface area contributed by atoms with Gasteiger partial charge in [-0.25, -0.2) is 0 Å². The van der Waals surface area contributed by atoms with Crippen molar-refractivity contribution >= 4 is 29.1 Å². The molecular formula is C20H22Cl2N2O3. The van der Waals surface area contributed by atoms with Crippen molar-refractivity contribution in [1.29, 1.82) is 0 Å². The van der Waals surface area contributed by atoms with Crippen molar-refractivity contribution in [1.82, 2.24) is 10.2 Å². The molecule has 144 valence electrons. The van der Waals surface area contributed by atoms with Crippen LogP contribution in [-0.2, 0) is 22.6 Å². The van der Waals surface area contributed by atoms with Gasteiger partial charge >= 0.3 is 0 Å². The van der Waals surface area contributed by atoms with Crippen LogP contribution in [0.25, 0.3) is 0 Å². The molecular weight excluding hydrogens is 387 g/mol. The van der Waals surface area contributed by atoms with Gasteiger partial charge in [0.15, 0.2) is 6.61 Å². The van der Waals surface area contributed by atoms with Crippen molar-refractivity contribution in [3.63, 3.8) is 0 Å². The highest BCUT2D eigenvalue weighted by molar-refractivity contribution is 6.34. The fourth-order valence-electron chi connectivity index (χ4n) is 2.79. The summed E-state index contributed by atoms with van der Waals surface area (Å²) in [6.45, 7) is 4.82. The van der Waals surface area contributed by atoms with Crippen molar-refractivity contribution in [2.24, 2.45) is 0 Å². The quantitative estimate of drug-likeness (QED) is 0.761. The molecule has 1 amide bonds. The highest BCUT2D eigenvalue weighted by Gasteiger charge is 2.10. The number of halogens is 2. The van der Waals surface area contributed by atoms with E-state index in [1.54, 1.807) is 18.2 Å². The molecule has 3 rings (SSSR count). The van der Waals surface area contributed by atoms with E-state index >= 15 is 0 Å². The lowest BCUT2D eigenvalue weighted by Crippen LogP contribution is -2.35. The largest absolute Gasteiger partial charge is 0.484 e. The number of nitrogens with one attached hydrogen (secondary N) is 1. The molecule has 2 aromatic carbocycles. The molecule has 0 radical (unpaired) electrons. The van der Waals surface area contributed by atoms with E-state index in [2.05, 4.69) is 22.3 Å². The van der Waals surface area contributed by atoms with Gasteiger partial charge in [-0.15, -0.1) is 0 Å². The highest BCUT2D eigenvalue weighted by Crippen LogP contribution is 2.24. The molecule has 1 heterocycles. The minimum atomic E-state index is -0.205. The molecule has 1 N–H and O–H groups in total. The maximum absolute atomic E-state index is 12.0. The molecule has 1 saturated heterocycles. The van der Waals surface area contributed by atoms with Crippen LogP contribution in [0.2, 0.25) is 10.0 Å². The Balaban J connectivity index is 1.41. The van der Waals surface area contributed by atoms with Crippen LogP contribution in [0.1, 0.15) is 11.1 Å². The maximum Gasteiger partial charge on any atom is 0.258 e. The van der Waals surface area contributed by atoms with Crippen LogP contribution in [0.3, 0.4) is 0 Å². The lowest BCUT2D eigenvalue weighted by atomic mass is 10.1. The number of rotatable bonds is 7. The first-order valence-corrected chi connectivity index (χ1v) is 9.57. The second-order valence-electron chi connectivity index (χ2n) is 6.38. The molecule has 1 aliphatic heterocycles. The van der Waals surface area contributed by atoms with Gasteiger partial charge in [0.25, 0.3) is 5.91 Å². The maximum atomic E-state index is 12.0. The van der Waals surface area contributed by atoms with Gasteiger partial charge in [-0.1, -0.05) is 47.5 Å². The van der Waals surface area contributed by atoms with Crippen molar-refractivity contribution in [3.8, 4) is 5.75 Å². The summed E-state index contributed by atoms with van der Waals surface area (Å²) in [5, 5.41) is 3.78. The normalized spacial score (nSPS) is 14.7. The molecule has 2 aromatic rings. The van der Waals surface area contributed by atoms with Gasteiger partial charge in [-0.05, 0) is 29.3 Å².